The van der Waals surface area contributed by atoms with Crippen LogP contribution in [0.4, 0.5) is 0 Å². The van der Waals surface area contributed by atoms with Gasteiger partial charge in [0, 0.05) is 42.2 Å². The number of H-pyrrole nitrogens is 1. The first-order chi connectivity index (χ1) is 10.7. The molecule has 3 rings (SSSR count). The van der Waals surface area contributed by atoms with E-state index in [2.05, 4.69) is 15.2 Å². The minimum Gasteiger partial charge on any atom is -0.461 e. The van der Waals surface area contributed by atoms with E-state index in [-0.39, 0.29) is 11.6 Å². The van der Waals surface area contributed by atoms with Crippen molar-refractivity contribution in [1.82, 2.24) is 20.1 Å². The summed E-state index contributed by atoms with van der Waals surface area (Å²) in [4.78, 5) is 30.0. The summed E-state index contributed by atoms with van der Waals surface area (Å²) < 4.78 is 5.00. The molecule has 2 aromatic rings. The van der Waals surface area contributed by atoms with E-state index in [4.69, 9.17) is 4.74 Å². The van der Waals surface area contributed by atoms with Crippen molar-refractivity contribution in [3.8, 4) is 0 Å². The van der Waals surface area contributed by atoms with Gasteiger partial charge >= 0.3 is 5.97 Å². The van der Waals surface area contributed by atoms with Gasteiger partial charge in [0.05, 0.1) is 13.2 Å². The standard InChI is InChI=1S/C15H16N4O3/c1-2-22-15(21)13-11-9-19(8-5-12(11)17-18-13)14(20)10-3-6-16-7-4-10/h3-4,6-7H,2,5,8-9H2,1H3,(H,17,18). The highest BCUT2D eigenvalue weighted by Gasteiger charge is 2.28. The molecule has 1 aliphatic heterocycles. The van der Waals surface area contributed by atoms with Crippen molar-refractivity contribution in [2.24, 2.45) is 0 Å². The monoisotopic (exact) mass is 300 g/mol. The summed E-state index contributed by atoms with van der Waals surface area (Å²) in [7, 11) is 0. The Morgan fingerprint density at radius 1 is 1.36 bits per heavy atom. The summed E-state index contributed by atoms with van der Waals surface area (Å²) in [6.45, 7) is 2.97. The molecule has 2 aromatic heterocycles. The molecular weight excluding hydrogens is 284 g/mol. The Morgan fingerprint density at radius 2 is 2.14 bits per heavy atom. The molecule has 0 aliphatic carbocycles. The number of amides is 1. The molecule has 7 heteroatoms. The van der Waals surface area contributed by atoms with E-state index in [1.54, 1.807) is 36.4 Å². The van der Waals surface area contributed by atoms with E-state index >= 15 is 0 Å². The molecule has 3 heterocycles. The number of hydrogen-bond donors (Lipinski definition) is 1. The predicted octanol–water partition coefficient (Wildman–Crippen LogP) is 1.18. The number of rotatable bonds is 3. The van der Waals surface area contributed by atoms with Gasteiger partial charge < -0.3 is 9.64 Å². The second-order valence-corrected chi connectivity index (χ2v) is 4.96. The number of aromatic nitrogens is 3. The zero-order chi connectivity index (χ0) is 15.5. The lowest BCUT2D eigenvalue weighted by atomic mass is 10.0. The Bertz CT molecular complexity index is 696. The molecule has 7 nitrogen and oxygen atoms in total. The van der Waals surface area contributed by atoms with Crippen molar-refractivity contribution in [3.05, 3.63) is 47.0 Å². The highest BCUT2D eigenvalue weighted by molar-refractivity contribution is 5.94. The molecule has 0 saturated heterocycles. The van der Waals surface area contributed by atoms with Gasteiger partial charge in [0.25, 0.3) is 5.91 Å². The van der Waals surface area contributed by atoms with Crippen LogP contribution < -0.4 is 0 Å². The van der Waals surface area contributed by atoms with Crippen LogP contribution in [-0.2, 0) is 17.7 Å². The third-order valence-corrected chi connectivity index (χ3v) is 3.62. The Kier molecular flexibility index (Phi) is 3.86. The van der Waals surface area contributed by atoms with Gasteiger partial charge in [-0.05, 0) is 19.1 Å². The quantitative estimate of drug-likeness (QED) is 0.860. The molecule has 0 radical (unpaired) electrons. The zero-order valence-electron chi connectivity index (χ0n) is 12.2. The lowest BCUT2D eigenvalue weighted by Crippen LogP contribution is -2.36. The predicted molar refractivity (Wildman–Crippen MR) is 77.2 cm³/mol. The van der Waals surface area contributed by atoms with Gasteiger partial charge in [-0.15, -0.1) is 0 Å². The van der Waals surface area contributed by atoms with Crippen LogP contribution in [0, 0.1) is 0 Å². The number of aromatic amines is 1. The Balaban J connectivity index is 1.82. The molecule has 0 unspecified atom stereocenters. The molecular formula is C15H16N4O3. The number of carbonyl (C=O) groups excluding carboxylic acids is 2. The molecule has 0 spiro atoms. The molecule has 0 saturated carbocycles. The average molecular weight is 300 g/mol. The largest absolute Gasteiger partial charge is 0.461 e. The number of ether oxygens (including phenoxy) is 1. The summed E-state index contributed by atoms with van der Waals surface area (Å²) in [5.74, 6) is -0.540. The molecule has 1 N–H and O–H groups in total. The molecule has 22 heavy (non-hydrogen) atoms. The van der Waals surface area contributed by atoms with E-state index in [0.29, 0.717) is 31.7 Å². The summed E-state index contributed by atoms with van der Waals surface area (Å²) >= 11 is 0. The Labute approximate surface area is 127 Å². The number of carbonyl (C=O) groups is 2. The second-order valence-electron chi connectivity index (χ2n) is 4.96. The van der Waals surface area contributed by atoms with Crippen LogP contribution in [-0.4, -0.2) is 45.1 Å². The van der Waals surface area contributed by atoms with Crippen LogP contribution in [0.25, 0.3) is 0 Å². The Morgan fingerprint density at radius 3 is 2.86 bits per heavy atom. The molecule has 1 amide bonds. The average Bonchev–Trinajstić information content (AvgIpc) is 2.98. The van der Waals surface area contributed by atoms with Crippen molar-refractivity contribution in [1.29, 1.82) is 0 Å². The van der Waals surface area contributed by atoms with E-state index < -0.39 is 5.97 Å². The van der Waals surface area contributed by atoms with Crippen molar-refractivity contribution >= 4 is 11.9 Å². The number of nitrogens with one attached hydrogen (secondary N) is 1. The van der Waals surface area contributed by atoms with Crippen molar-refractivity contribution in [3.63, 3.8) is 0 Å². The number of nitrogens with zero attached hydrogens (tertiary/aromatic N) is 3. The van der Waals surface area contributed by atoms with Gasteiger partial charge in [-0.3, -0.25) is 14.9 Å². The summed E-state index contributed by atoms with van der Waals surface area (Å²) in [6, 6.07) is 3.36. The van der Waals surface area contributed by atoms with Gasteiger partial charge in [0.2, 0.25) is 0 Å². The maximum atomic E-state index is 12.5. The first kappa shape index (κ1) is 14.2. The lowest BCUT2D eigenvalue weighted by Gasteiger charge is -2.27. The van der Waals surface area contributed by atoms with Gasteiger partial charge in [0.1, 0.15) is 0 Å². The van der Waals surface area contributed by atoms with Crippen LogP contribution in [0.2, 0.25) is 0 Å². The van der Waals surface area contributed by atoms with E-state index in [1.807, 2.05) is 0 Å². The lowest BCUT2D eigenvalue weighted by molar-refractivity contribution is 0.0513. The third-order valence-electron chi connectivity index (χ3n) is 3.62. The van der Waals surface area contributed by atoms with Gasteiger partial charge in [-0.2, -0.15) is 5.10 Å². The number of fused-ring (bicyclic) bond motifs is 1. The van der Waals surface area contributed by atoms with Crippen molar-refractivity contribution in [2.75, 3.05) is 13.2 Å². The van der Waals surface area contributed by atoms with E-state index in [1.165, 1.54) is 0 Å². The number of esters is 1. The van der Waals surface area contributed by atoms with Gasteiger partial charge in [-0.1, -0.05) is 0 Å². The molecule has 0 bridgehead atoms. The maximum Gasteiger partial charge on any atom is 0.359 e. The summed E-state index contributed by atoms with van der Waals surface area (Å²) in [5, 5.41) is 6.90. The van der Waals surface area contributed by atoms with Gasteiger partial charge in [-0.25, -0.2) is 4.79 Å². The molecule has 0 fully saturated rings. The zero-order valence-corrected chi connectivity index (χ0v) is 12.2. The van der Waals surface area contributed by atoms with Crippen molar-refractivity contribution in [2.45, 2.75) is 19.9 Å². The van der Waals surface area contributed by atoms with Crippen molar-refractivity contribution < 1.29 is 14.3 Å². The van der Waals surface area contributed by atoms with Crippen LogP contribution in [0.3, 0.4) is 0 Å². The fourth-order valence-corrected chi connectivity index (χ4v) is 2.51. The van der Waals surface area contributed by atoms with E-state index in [0.717, 1.165) is 11.3 Å². The maximum absolute atomic E-state index is 12.5. The Hall–Kier alpha value is -2.70. The summed E-state index contributed by atoms with van der Waals surface area (Å²) in [5.41, 5.74) is 2.48. The topological polar surface area (TPSA) is 88.2 Å². The van der Waals surface area contributed by atoms with Crippen LogP contribution in [0.15, 0.2) is 24.5 Å². The first-order valence-electron chi connectivity index (χ1n) is 7.13. The molecule has 114 valence electrons. The fraction of sp³-hybridized carbons (Fsp3) is 0.333. The smallest absolute Gasteiger partial charge is 0.359 e. The molecule has 0 atom stereocenters. The van der Waals surface area contributed by atoms with Gasteiger partial charge in [0.15, 0.2) is 5.69 Å². The molecule has 1 aliphatic rings. The fourth-order valence-electron chi connectivity index (χ4n) is 2.51. The van der Waals surface area contributed by atoms with Crippen LogP contribution >= 0.6 is 0 Å². The first-order valence-corrected chi connectivity index (χ1v) is 7.13. The van der Waals surface area contributed by atoms with Crippen LogP contribution in [0.1, 0.15) is 39.0 Å². The van der Waals surface area contributed by atoms with Crippen LogP contribution in [0.5, 0.6) is 0 Å². The minimum atomic E-state index is -0.460. The minimum absolute atomic E-state index is 0.0796. The SMILES string of the molecule is CCOC(=O)c1n[nH]c2c1CN(C(=O)c1ccncc1)CC2. The summed E-state index contributed by atoms with van der Waals surface area (Å²) in [6.07, 6.45) is 3.81. The normalized spacial score (nSPS) is 13.6. The second kappa shape index (κ2) is 5.97. The number of pyridine rings is 1. The number of hydrogen-bond acceptors (Lipinski definition) is 5. The molecule has 0 aromatic carbocycles. The third kappa shape index (κ3) is 2.57. The highest BCUT2D eigenvalue weighted by atomic mass is 16.5. The van der Waals surface area contributed by atoms with E-state index in [9.17, 15) is 9.59 Å². The highest BCUT2D eigenvalue weighted by Crippen LogP contribution is 2.22.